The molecule has 20 nitrogen and oxygen atoms in total. The van der Waals surface area contributed by atoms with E-state index in [9.17, 15) is 83.1 Å². The molecule has 0 saturated heterocycles. The number of aliphatic hydroxyl groups is 4. The topological polar surface area (TPSA) is 334 Å². The minimum Gasteiger partial charge on any atom is -0.481 e. The summed E-state index contributed by atoms with van der Waals surface area (Å²) < 4.78 is 16.0. The van der Waals surface area contributed by atoms with Crippen molar-refractivity contribution in [1.29, 1.82) is 0 Å². The molecule has 20 aliphatic carbocycles. The van der Waals surface area contributed by atoms with Crippen molar-refractivity contribution in [2.75, 3.05) is 20.3 Å². The van der Waals surface area contributed by atoms with Crippen molar-refractivity contribution in [2.24, 2.45) is 88.7 Å². The van der Waals surface area contributed by atoms with Crippen LogP contribution in [0.15, 0.2) is 138 Å². The lowest BCUT2D eigenvalue weighted by Gasteiger charge is -2.53. The molecule has 0 aromatic rings. The summed E-state index contributed by atoms with van der Waals surface area (Å²) in [4.78, 5) is 153. The third-order valence-electron chi connectivity index (χ3n) is 35.7. The van der Waals surface area contributed by atoms with Gasteiger partial charge in [0, 0.05) is 73.0 Å². The van der Waals surface area contributed by atoms with E-state index >= 15 is 0 Å². The Labute approximate surface area is 690 Å². The van der Waals surface area contributed by atoms with Crippen molar-refractivity contribution in [3.05, 3.63) is 138 Å². The zero-order chi connectivity index (χ0) is 84.5. The first kappa shape index (κ1) is 82.3. The van der Waals surface area contributed by atoms with Gasteiger partial charge in [0.05, 0.1) is 66.4 Å². The summed E-state index contributed by atoms with van der Waals surface area (Å²) in [7, 11) is 1.33. The van der Waals surface area contributed by atoms with Gasteiger partial charge in [-0.05, 0) is 255 Å². The number of ketones is 8. The van der Waals surface area contributed by atoms with E-state index in [1.165, 1.54) is 13.2 Å². The van der Waals surface area contributed by atoms with Gasteiger partial charge < -0.3 is 39.7 Å². The minimum atomic E-state index is -1.23. The fourth-order valence-corrected chi connectivity index (χ4v) is 29.1. The third-order valence-corrected chi connectivity index (χ3v) is 35.7. The molecule has 4 saturated carbocycles. The second-order valence-corrected chi connectivity index (χ2v) is 40.5. The number of Topliss-reactive ketones (excluding diaryl/α,β-unsaturated/α-hetero) is 4. The number of fused-ring (bicyclic) bond motifs is 12. The van der Waals surface area contributed by atoms with Crippen molar-refractivity contribution >= 4 is 70.1 Å². The molecule has 4 spiro atoms. The molecule has 0 amide bonds. The van der Waals surface area contributed by atoms with Gasteiger partial charge in [0.2, 0.25) is 0 Å². The maximum absolute atomic E-state index is 13.3. The maximum Gasteiger partial charge on any atom is 0.316 e. The fourth-order valence-electron chi connectivity index (χ4n) is 29.1. The van der Waals surface area contributed by atoms with Crippen LogP contribution in [0.4, 0.5) is 0 Å². The third kappa shape index (κ3) is 10.6. The van der Waals surface area contributed by atoms with Gasteiger partial charge in [-0.1, -0.05) is 109 Å². The quantitative estimate of drug-likeness (QED) is 0.117. The second kappa shape index (κ2) is 27.7. The molecule has 5 N–H and O–H groups in total. The average Bonchev–Trinajstić information content (AvgIpc) is 1.43. The van der Waals surface area contributed by atoms with Crippen LogP contribution in [0.25, 0.3) is 0 Å². The highest BCUT2D eigenvalue weighted by Crippen LogP contribution is 2.76. The van der Waals surface area contributed by atoms with Crippen LogP contribution in [0.1, 0.15) is 255 Å². The normalized spacial score (nSPS) is 42.7. The van der Waals surface area contributed by atoms with Gasteiger partial charge in [0.25, 0.3) is 0 Å². The molecule has 0 aliphatic heterocycles. The van der Waals surface area contributed by atoms with Crippen LogP contribution in [0.2, 0.25) is 0 Å². The number of hydrogen-bond donors (Lipinski definition) is 5. The Bertz CT molecular complexity index is 5080. The first-order valence-electron chi connectivity index (χ1n) is 44.0. The molecule has 20 aliphatic rings. The van der Waals surface area contributed by atoms with Crippen molar-refractivity contribution in [1.82, 2.24) is 0 Å². The van der Waals surface area contributed by atoms with Crippen LogP contribution in [0.3, 0.4) is 0 Å². The lowest BCUT2D eigenvalue weighted by atomic mass is 9.50. The van der Waals surface area contributed by atoms with Crippen LogP contribution in [0, 0.1) is 88.7 Å². The summed E-state index contributed by atoms with van der Waals surface area (Å²) in [6, 6.07) is 0. The zero-order valence-corrected chi connectivity index (χ0v) is 70.5. The van der Waals surface area contributed by atoms with Crippen LogP contribution >= 0.6 is 0 Å². The summed E-state index contributed by atoms with van der Waals surface area (Å²) in [6.45, 7) is 21.3. The summed E-state index contributed by atoms with van der Waals surface area (Å²) >= 11 is 0. The molecule has 628 valence electrons. The first-order valence-corrected chi connectivity index (χ1v) is 44.0. The Kier molecular flexibility index (Phi) is 19.3. The number of carbonyl (C=O) groups is 12. The van der Waals surface area contributed by atoms with Crippen LogP contribution in [-0.2, 0) is 71.7 Å². The average molecular weight is 1610 g/mol. The number of carbonyl (C=O) groups excluding carboxylic acids is 11. The van der Waals surface area contributed by atoms with Gasteiger partial charge in [-0.15, -0.1) is 0 Å². The monoisotopic (exact) mass is 1610 g/mol. The Morgan fingerprint density at radius 3 is 0.856 bits per heavy atom. The molecular weight excluding hydrogens is 1500 g/mol. The van der Waals surface area contributed by atoms with Gasteiger partial charge >= 0.3 is 23.9 Å². The molecule has 0 aromatic carbocycles. The Hall–Kier alpha value is -8.04. The first-order chi connectivity index (χ1) is 55.7. The largest absolute Gasteiger partial charge is 0.481 e. The number of hydrogen-bond acceptors (Lipinski definition) is 19. The SMILES string of the molecule is CC12CCC(=O)C=C1[C@@H](O)[C@@H](C(=O)O)C1=C2CCC23C(=O)CC[C@]2(C)CC=C13.CCCOC(=O)[C@H]1C2=C(CCC34C(=O)CC[C@]3(C)CC=C24)C2(C)CCC(=O)C=C2[C@H]1O.CCOC(=O)[C@H]1C2=C(CCC34C(=O)CC[C@]3(C)CC=C24)C2(C)CCC(=O)C=C2[C@H]1O.COC(=O)[C@H]1C2=C(CCC34C(=O)CC[C@]3(C)CC=C24)C2(C)CCC(=O)C=C2[C@H]1O. The highest BCUT2D eigenvalue weighted by Gasteiger charge is 2.72. The summed E-state index contributed by atoms with van der Waals surface area (Å²) in [5.74, 6) is -5.20. The summed E-state index contributed by atoms with van der Waals surface area (Å²) in [6.07, 6.45) is 29.9. The molecular formula is C98H116O20. The zero-order valence-electron chi connectivity index (χ0n) is 70.5. The predicted octanol–water partition coefficient (Wildman–Crippen LogP) is 14.0. The Morgan fingerprint density at radius 2 is 0.602 bits per heavy atom. The maximum atomic E-state index is 13.3. The van der Waals surface area contributed by atoms with Crippen molar-refractivity contribution in [3.8, 4) is 0 Å². The number of rotatable bonds is 7. The molecule has 20 atom stereocenters. The van der Waals surface area contributed by atoms with E-state index in [4.69, 9.17) is 14.2 Å². The van der Waals surface area contributed by atoms with E-state index in [2.05, 4.69) is 72.8 Å². The second-order valence-electron chi connectivity index (χ2n) is 40.5. The lowest BCUT2D eigenvalue weighted by Crippen LogP contribution is -2.51. The van der Waals surface area contributed by atoms with E-state index in [1.807, 2.05) is 13.8 Å². The summed E-state index contributed by atoms with van der Waals surface area (Å²) in [5, 5.41) is 55.3. The number of aliphatic carboxylic acids is 1. The lowest BCUT2D eigenvalue weighted by molar-refractivity contribution is -0.151. The predicted molar refractivity (Wildman–Crippen MR) is 432 cm³/mol. The van der Waals surface area contributed by atoms with E-state index in [0.717, 1.165) is 151 Å². The number of carboxylic acids is 1. The summed E-state index contributed by atoms with van der Waals surface area (Å²) in [5.41, 5.74) is 9.38. The van der Waals surface area contributed by atoms with Gasteiger partial charge in [0.15, 0.2) is 23.1 Å². The van der Waals surface area contributed by atoms with Crippen LogP contribution in [0.5, 0.6) is 0 Å². The molecule has 20 rings (SSSR count). The number of methoxy groups -OCH3 is 1. The van der Waals surface area contributed by atoms with Crippen molar-refractivity contribution in [2.45, 2.75) is 280 Å². The molecule has 0 radical (unpaired) electrons. The highest BCUT2D eigenvalue weighted by atomic mass is 16.5. The van der Waals surface area contributed by atoms with Gasteiger partial charge in [-0.2, -0.15) is 0 Å². The van der Waals surface area contributed by atoms with Gasteiger partial charge in [-0.25, -0.2) is 0 Å². The Balaban J connectivity index is 0.000000113. The fraction of sp³-hybridized carbons (Fsp3) is 0.633. The standard InChI is InChI=1S/C26H32O5.C25H30O5.C24H28O5.C23H26O5/c1-4-13-31-23(30)21-20-16(25(3)11-5-15(27)14-18(25)22(21)29)7-12-26-17(20)6-9-24(26,2)10-8-19(26)28;1-4-30-22(29)20-19-15(24(3)11-5-14(26)13-17(24)21(20)28)7-12-25-16(19)6-9-23(25,2)10-8-18(25)27;1-22-8-5-15-18-14(6-11-24(15,22)17(26)7-9-22)23(2)10-4-13(25)12-16(23)20(27)19(18)21(28)29-3;1-21-7-4-14-17-13(5-10-23(14,21)16(25)6-8-21)22(2)9-3-12(24)11-15(22)19(26)18(17)20(27)28/h6,14,21-22,29H,4-5,7-13H2,1-3H3;6,13,20-21,28H,4-5,7-12H2,1-3H3;5,12,19-20,27H,4,6-11H2,1-3H3;4,11,18-19,26H,3,5-10H2,1-2H3,(H,27,28)/t21-,22+,24-,25?,26?;20-,21+,23-,24?,25?;19-,20+,22-,23?,24?;18-,19+,21-,22?,23?/m0000/s1. The van der Waals surface area contributed by atoms with Gasteiger partial charge in [-0.3, -0.25) is 57.5 Å². The minimum absolute atomic E-state index is 0.000841. The van der Waals surface area contributed by atoms with E-state index < -0.39 is 115 Å². The Morgan fingerprint density at radius 1 is 0.347 bits per heavy atom. The number of esters is 3. The van der Waals surface area contributed by atoms with Crippen LogP contribution < -0.4 is 0 Å². The number of allylic oxidation sites excluding steroid dienone is 16. The highest BCUT2D eigenvalue weighted by molar-refractivity contribution is 6.02. The molecule has 0 heterocycles. The molecule has 0 bridgehead atoms. The molecule has 118 heavy (non-hydrogen) atoms. The van der Waals surface area contributed by atoms with Gasteiger partial charge in [0.1, 0.15) is 46.8 Å². The molecule has 0 aromatic heterocycles. The number of carboxylic acid groups (broad SMARTS) is 1. The van der Waals surface area contributed by atoms with E-state index in [1.54, 1.807) is 25.2 Å². The number of ether oxygens (including phenoxy) is 3. The molecule has 4 fully saturated rings. The van der Waals surface area contributed by atoms with Crippen molar-refractivity contribution in [3.63, 3.8) is 0 Å². The van der Waals surface area contributed by atoms with Crippen LogP contribution in [-0.4, -0.2) is 140 Å². The molecule has 8 unspecified atom stereocenters. The van der Waals surface area contributed by atoms with E-state index in [-0.39, 0.29) is 74.5 Å². The number of aliphatic hydroxyl groups excluding tert-OH is 4. The van der Waals surface area contributed by atoms with E-state index in [0.29, 0.717) is 131 Å². The van der Waals surface area contributed by atoms with Crippen molar-refractivity contribution < 1.29 is 97.3 Å². The smallest absolute Gasteiger partial charge is 0.316 e. The molecule has 20 heteroatoms.